The van der Waals surface area contributed by atoms with Gasteiger partial charge in [-0.25, -0.2) is 18.1 Å². The van der Waals surface area contributed by atoms with Gasteiger partial charge in [0.2, 0.25) is 10.0 Å². The van der Waals surface area contributed by atoms with Crippen molar-refractivity contribution in [1.82, 2.24) is 15.4 Å². The highest BCUT2D eigenvalue weighted by Crippen LogP contribution is 2.15. The lowest BCUT2D eigenvalue weighted by atomic mass is 10.2. The van der Waals surface area contributed by atoms with E-state index in [2.05, 4.69) is 39.4 Å². The van der Waals surface area contributed by atoms with Gasteiger partial charge in [0.05, 0.1) is 24.6 Å². The Morgan fingerprint density at radius 2 is 2.04 bits per heavy atom. The van der Waals surface area contributed by atoms with Gasteiger partial charge in [0.15, 0.2) is 5.96 Å². The Hall–Kier alpha value is -1.94. The second kappa shape index (κ2) is 11.2. The number of rotatable bonds is 10. The van der Waals surface area contributed by atoms with E-state index < -0.39 is 10.0 Å². The van der Waals surface area contributed by atoms with Gasteiger partial charge in [0.25, 0.3) is 0 Å². The van der Waals surface area contributed by atoms with Crippen molar-refractivity contribution in [2.75, 3.05) is 26.8 Å². The molecule has 0 aliphatic carbocycles. The van der Waals surface area contributed by atoms with Gasteiger partial charge < -0.3 is 15.4 Å². The highest BCUT2D eigenvalue weighted by atomic mass is 32.2. The Morgan fingerprint density at radius 1 is 1.21 bits per heavy atom. The van der Waals surface area contributed by atoms with Crippen molar-refractivity contribution < 1.29 is 13.2 Å². The summed E-state index contributed by atoms with van der Waals surface area (Å²) < 4.78 is 32.1. The molecular formula is C19H28N4O3S2. The number of aliphatic imine (C=N–C) groups is 1. The van der Waals surface area contributed by atoms with Crippen molar-refractivity contribution in [2.45, 2.75) is 31.8 Å². The molecule has 0 fully saturated rings. The van der Waals surface area contributed by atoms with E-state index in [-0.39, 0.29) is 11.4 Å². The monoisotopic (exact) mass is 424 g/mol. The van der Waals surface area contributed by atoms with Crippen LogP contribution in [0.3, 0.4) is 0 Å². The van der Waals surface area contributed by atoms with Crippen LogP contribution in [0.1, 0.15) is 22.2 Å². The van der Waals surface area contributed by atoms with Crippen molar-refractivity contribution in [2.24, 2.45) is 4.99 Å². The Bertz CT molecular complexity index is 879. The third kappa shape index (κ3) is 7.23. The number of guanidine groups is 1. The summed E-state index contributed by atoms with van der Waals surface area (Å²) in [6.45, 7) is 6.46. The van der Waals surface area contributed by atoms with Crippen LogP contribution in [-0.2, 0) is 27.8 Å². The van der Waals surface area contributed by atoms with Crippen molar-refractivity contribution >= 4 is 27.3 Å². The first-order valence-electron chi connectivity index (χ1n) is 9.09. The Balaban J connectivity index is 2.03. The SMILES string of the molecule is CCNC(=NCc1cccc(S(=O)(=O)NCCOC)c1)NCc1ccc(C)s1. The molecular weight excluding hydrogens is 396 g/mol. The lowest BCUT2D eigenvalue weighted by molar-refractivity contribution is 0.204. The van der Waals surface area contributed by atoms with E-state index in [1.807, 2.05) is 13.0 Å². The van der Waals surface area contributed by atoms with Crippen LogP contribution in [0.4, 0.5) is 0 Å². The molecule has 1 aromatic carbocycles. The summed E-state index contributed by atoms with van der Waals surface area (Å²) in [5.41, 5.74) is 0.818. The quantitative estimate of drug-likeness (QED) is 0.309. The van der Waals surface area contributed by atoms with E-state index in [9.17, 15) is 8.42 Å². The predicted octanol–water partition coefficient (Wildman–Crippen LogP) is 2.24. The van der Waals surface area contributed by atoms with E-state index in [1.165, 1.54) is 16.9 Å². The highest BCUT2D eigenvalue weighted by molar-refractivity contribution is 7.89. The Kier molecular flexibility index (Phi) is 8.91. The Labute approximate surface area is 171 Å². The van der Waals surface area contributed by atoms with Crippen LogP contribution in [0.25, 0.3) is 0 Å². The van der Waals surface area contributed by atoms with Gasteiger partial charge >= 0.3 is 0 Å². The molecule has 0 amide bonds. The first kappa shape index (κ1) is 22.4. The van der Waals surface area contributed by atoms with E-state index >= 15 is 0 Å². The fraction of sp³-hybridized carbons (Fsp3) is 0.421. The molecule has 1 aromatic heterocycles. The number of benzene rings is 1. The average Bonchev–Trinajstić information content (AvgIpc) is 3.09. The zero-order valence-corrected chi connectivity index (χ0v) is 18.1. The number of thiophene rings is 1. The molecule has 0 unspecified atom stereocenters. The van der Waals surface area contributed by atoms with E-state index in [0.717, 1.165) is 12.1 Å². The van der Waals surface area contributed by atoms with Gasteiger partial charge in [-0.05, 0) is 43.7 Å². The first-order valence-corrected chi connectivity index (χ1v) is 11.4. The molecule has 1 heterocycles. The minimum Gasteiger partial charge on any atom is -0.383 e. The number of nitrogens with one attached hydrogen (secondary N) is 3. The molecule has 0 aliphatic heterocycles. The largest absolute Gasteiger partial charge is 0.383 e. The summed E-state index contributed by atoms with van der Waals surface area (Å²) in [6.07, 6.45) is 0. The molecule has 9 heteroatoms. The maximum absolute atomic E-state index is 12.3. The van der Waals surface area contributed by atoms with Crippen molar-refractivity contribution in [3.8, 4) is 0 Å². The Morgan fingerprint density at radius 3 is 2.71 bits per heavy atom. The molecule has 0 spiro atoms. The zero-order valence-electron chi connectivity index (χ0n) is 16.5. The number of ether oxygens (including phenoxy) is 1. The van der Waals surface area contributed by atoms with E-state index in [0.29, 0.717) is 25.7 Å². The number of methoxy groups -OCH3 is 1. The molecule has 0 saturated heterocycles. The summed E-state index contributed by atoms with van der Waals surface area (Å²) >= 11 is 1.75. The molecule has 2 aromatic rings. The number of hydrogen-bond donors (Lipinski definition) is 3. The molecule has 3 N–H and O–H groups in total. The van der Waals surface area contributed by atoms with Gasteiger partial charge in [0.1, 0.15) is 0 Å². The molecule has 28 heavy (non-hydrogen) atoms. The number of nitrogens with zero attached hydrogens (tertiary/aromatic N) is 1. The molecule has 7 nitrogen and oxygen atoms in total. The number of hydrogen-bond acceptors (Lipinski definition) is 5. The van der Waals surface area contributed by atoms with E-state index in [1.54, 1.807) is 29.5 Å². The van der Waals surface area contributed by atoms with Crippen LogP contribution < -0.4 is 15.4 Å². The summed E-state index contributed by atoms with van der Waals surface area (Å²) in [5.74, 6) is 0.694. The van der Waals surface area contributed by atoms with Crippen LogP contribution in [0, 0.1) is 6.92 Å². The number of aryl methyl sites for hydroxylation is 1. The lowest BCUT2D eigenvalue weighted by Crippen LogP contribution is -2.36. The van der Waals surface area contributed by atoms with Gasteiger partial charge in [-0.15, -0.1) is 11.3 Å². The highest BCUT2D eigenvalue weighted by Gasteiger charge is 2.13. The molecule has 0 bridgehead atoms. The standard InChI is InChI=1S/C19H28N4O3S2/c1-4-20-19(22-14-17-9-8-15(2)27-17)21-13-16-6-5-7-18(12-16)28(24,25)23-10-11-26-3/h5-9,12,23H,4,10-11,13-14H2,1-3H3,(H2,20,21,22). The maximum atomic E-state index is 12.3. The second-order valence-electron chi connectivity index (χ2n) is 6.10. The van der Waals surface area contributed by atoms with Crippen LogP contribution in [0.2, 0.25) is 0 Å². The zero-order chi connectivity index (χ0) is 20.4. The normalized spacial score (nSPS) is 12.2. The maximum Gasteiger partial charge on any atom is 0.240 e. The smallest absolute Gasteiger partial charge is 0.240 e. The third-order valence-electron chi connectivity index (χ3n) is 3.80. The lowest BCUT2D eigenvalue weighted by Gasteiger charge is -2.11. The molecule has 0 radical (unpaired) electrons. The van der Waals surface area contributed by atoms with Crippen LogP contribution >= 0.6 is 11.3 Å². The molecule has 0 aliphatic rings. The molecule has 0 saturated carbocycles. The second-order valence-corrected chi connectivity index (χ2v) is 9.24. The van der Waals surface area contributed by atoms with Crippen molar-refractivity contribution in [3.05, 3.63) is 51.7 Å². The fourth-order valence-corrected chi connectivity index (χ4v) is 4.35. The van der Waals surface area contributed by atoms with Gasteiger partial charge in [-0.1, -0.05) is 12.1 Å². The molecule has 0 atom stereocenters. The fourth-order valence-electron chi connectivity index (χ4n) is 2.44. The summed E-state index contributed by atoms with van der Waals surface area (Å²) in [6, 6.07) is 11.0. The summed E-state index contributed by atoms with van der Waals surface area (Å²) in [4.78, 5) is 7.30. The molecule has 2 rings (SSSR count). The first-order chi connectivity index (χ1) is 13.4. The van der Waals surface area contributed by atoms with Gasteiger partial charge in [0, 0.05) is 30.0 Å². The van der Waals surface area contributed by atoms with Crippen molar-refractivity contribution in [1.29, 1.82) is 0 Å². The minimum atomic E-state index is -3.56. The minimum absolute atomic E-state index is 0.225. The topological polar surface area (TPSA) is 91.8 Å². The van der Waals surface area contributed by atoms with Crippen LogP contribution in [0.15, 0.2) is 46.3 Å². The average molecular weight is 425 g/mol. The molecule has 154 valence electrons. The summed E-state index contributed by atoms with van der Waals surface area (Å²) in [7, 11) is -2.03. The van der Waals surface area contributed by atoms with Gasteiger partial charge in [-0.2, -0.15) is 0 Å². The van der Waals surface area contributed by atoms with Crippen molar-refractivity contribution in [3.63, 3.8) is 0 Å². The third-order valence-corrected chi connectivity index (χ3v) is 6.26. The number of sulfonamides is 1. The summed E-state index contributed by atoms with van der Waals surface area (Å²) in [5, 5.41) is 6.51. The van der Waals surface area contributed by atoms with Crippen LogP contribution in [-0.4, -0.2) is 41.2 Å². The van der Waals surface area contributed by atoms with Gasteiger partial charge in [-0.3, -0.25) is 0 Å². The van der Waals surface area contributed by atoms with E-state index in [4.69, 9.17) is 4.74 Å². The van der Waals surface area contributed by atoms with Crippen LogP contribution in [0.5, 0.6) is 0 Å². The predicted molar refractivity (Wildman–Crippen MR) is 114 cm³/mol.